The normalized spacial score (nSPS) is 17.0. The van der Waals surface area contributed by atoms with Gasteiger partial charge >= 0.3 is 0 Å². The number of amides is 1. The van der Waals surface area contributed by atoms with Gasteiger partial charge in [0.1, 0.15) is 0 Å². The van der Waals surface area contributed by atoms with Gasteiger partial charge in [-0.15, -0.1) is 0 Å². The molecule has 0 saturated carbocycles. The van der Waals surface area contributed by atoms with E-state index in [1.54, 1.807) is 0 Å². The van der Waals surface area contributed by atoms with E-state index in [-0.39, 0.29) is 5.91 Å². The van der Waals surface area contributed by atoms with Crippen molar-refractivity contribution in [2.75, 3.05) is 26.2 Å². The largest absolute Gasteiger partial charge is 0.351 e. The maximum Gasteiger partial charge on any atom is 0.275 e. The van der Waals surface area contributed by atoms with Gasteiger partial charge in [0.15, 0.2) is 6.54 Å². The lowest BCUT2D eigenvalue weighted by atomic mass is 10.00. The average Bonchev–Trinajstić information content (AvgIpc) is 2.67. The first-order valence-electron chi connectivity index (χ1n) is 9.20. The summed E-state index contributed by atoms with van der Waals surface area (Å²) in [5.41, 5.74) is 4.05. The van der Waals surface area contributed by atoms with Crippen molar-refractivity contribution in [3.63, 3.8) is 0 Å². The Bertz CT molecular complexity index is 694. The van der Waals surface area contributed by atoms with Gasteiger partial charge in [-0.1, -0.05) is 60.7 Å². The van der Waals surface area contributed by atoms with Crippen molar-refractivity contribution >= 4 is 11.5 Å². The highest BCUT2D eigenvalue weighted by Gasteiger charge is 2.18. The van der Waals surface area contributed by atoms with E-state index in [9.17, 15) is 4.79 Å². The summed E-state index contributed by atoms with van der Waals surface area (Å²) in [5, 5.41) is 3.06. The molecule has 0 aromatic heterocycles. The van der Waals surface area contributed by atoms with E-state index in [1.807, 2.05) is 12.1 Å². The molecule has 1 heterocycles. The lowest BCUT2D eigenvalue weighted by molar-refractivity contribution is -0.886. The highest BCUT2D eigenvalue weighted by molar-refractivity contribution is 5.76. The summed E-state index contributed by atoms with van der Waals surface area (Å²) < 4.78 is 0. The molecule has 3 rings (SSSR count). The maximum absolute atomic E-state index is 12.1. The highest BCUT2D eigenvalue weighted by Crippen LogP contribution is 2.17. The highest BCUT2D eigenvalue weighted by atomic mass is 16.2. The van der Waals surface area contributed by atoms with Crippen LogP contribution >= 0.6 is 0 Å². The molecule has 25 heavy (non-hydrogen) atoms. The first-order chi connectivity index (χ1) is 12.3. The lowest BCUT2D eigenvalue weighted by Gasteiger charge is -2.23. The quantitative estimate of drug-likeness (QED) is 0.747. The fraction of sp³-hybridized carbons (Fsp3) is 0.318. The third-order valence-electron chi connectivity index (χ3n) is 4.75. The Kier molecular flexibility index (Phi) is 6.41. The summed E-state index contributed by atoms with van der Waals surface area (Å²) in [7, 11) is 0. The van der Waals surface area contributed by atoms with E-state index in [0.29, 0.717) is 6.54 Å². The molecule has 1 amide bonds. The minimum absolute atomic E-state index is 0.166. The van der Waals surface area contributed by atoms with Crippen LogP contribution in [0.25, 0.3) is 5.57 Å². The summed E-state index contributed by atoms with van der Waals surface area (Å²) in [6, 6.07) is 21.0. The van der Waals surface area contributed by atoms with Crippen LogP contribution < -0.4 is 10.2 Å². The van der Waals surface area contributed by atoms with Gasteiger partial charge in [0.2, 0.25) is 0 Å². The molecule has 2 aromatic carbocycles. The molecule has 0 bridgehead atoms. The third kappa shape index (κ3) is 5.57. The Balaban J connectivity index is 1.36. The molecule has 1 atom stereocenters. The molecular weight excluding hydrogens is 308 g/mol. The van der Waals surface area contributed by atoms with Crippen molar-refractivity contribution in [2.24, 2.45) is 0 Å². The smallest absolute Gasteiger partial charge is 0.275 e. The van der Waals surface area contributed by atoms with E-state index in [1.165, 1.54) is 21.6 Å². The van der Waals surface area contributed by atoms with Crippen molar-refractivity contribution in [3.8, 4) is 0 Å². The van der Waals surface area contributed by atoms with Gasteiger partial charge in [0.05, 0.1) is 13.1 Å². The summed E-state index contributed by atoms with van der Waals surface area (Å²) in [4.78, 5) is 13.5. The Hall–Kier alpha value is -2.39. The van der Waals surface area contributed by atoms with Gasteiger partial charge in [-0.3, -0.25) is 4.79 Å². The first kappa shape index (κ1) is 17.4. The van der Waals surface area contributed by atoms with Crippen LogP contribution in [0.3, 0.4) is 0 Å². The average molecular weight is 335 g/mol. The molecular formula is C22H27N2O+. The number of benzene rings is 2. The number of aryl methyl sites for hydroxylation is 1. The number of nitrogens with one attached hydrogen (secondary N) is 2. The Morgan fingerprint density at radius 3 is 2.40 bits per heavy atom. The summed E-state index contributed by atoms with van der Waals surface area (Å²) in [5.74, 6) is 0.166. The molecule has 3 heteroatoms. The third-order valence-corrected chi connectivity index (χ3v) is 4.75. The standard InChI is InChI=1S/C22H26N2O/c25-22(23-15-7-10-19-8-3-1-4-9-19)18-24-16-13-21(14-17-24)20-11-5-2-6-12-20/h1-6,8-9,11-13H,7,10,14-18H2,(H,23,25)/p+1. The van der Waals surface area contributed by atoms with E-state index in [0.717, 1.165) is 38.9 Å². The first-order valence-corrected chi connectivity index (χ1v) is 9.20. The van der Waals surface area contributed by atoms with Crippen molar-refractivity contribution in [1.82, 2.24) is 5.32 Å². The zero-order valence-corrected chi connectivity index (χ0v) is 14.7. The fourth-order valence-corrected chi connectivity index (χ4v) is 3.31. The Morgan fingerprint density at radius 1 is 1.00 bits per heavy atom. The van der Waals surface area contributed by atoms with Gasteiger partial charge in [0.25, 0.3) is 5.91 Å². The van der Waals surface area contributed by atoms with Gasteiger partial charge in [0, 0.05) is 13.0 Å². The zero-order valence-electron chi connectivity index (χ0n) is 14.7. The number of hydrogen-bond donors (Lipinski definition) is 2. The SMILES string of the molecule is O=C(C[NH+]1CC=C(c2ccccc2)CC1)NCCCc1ccccc1. The van der Waals surface area contributed by atoms with Crippen LogP contribution in [0, 0.1) is 0 Å². The van der Waals surface area contributed by atoms with Crippen LogP contribution in [-0.2, 0) is 11.2 Å². The second kappa shape index (κ2) is 9.19. The minimum atomic E-state index is 0.166. The summed E-state index contributed by atoms with van der Waals surface area (Å²) in [6.07, 6.45) is 5.33. The summed E-state index contributed by atoms with van der Waals surface area (Å²) in [6.45, 7) is 3.29. The molecule has 0 spiro atoms. The molecule has 0 radical (unpaired) electrons. The molecule has 2 aromatic rings. The van der Waals surface area contributed by atoms with Gasteiger partial charge in [-0.2, -0.15) is 0 Å². The second-order valence-corrected chi connectivity index (χ2v) is 6.67. The topological polar surface area (TPSA) is 33.5 Å². The second-order valence-electron chi connectivity index (χ2n) is 6.67. The number of rotatable bonds is 7. The van der Waals surface area contributed by atoms with E-state index >= 15 is 0 Å². The van der Waals surface area contributed by atoms with E-state index in [2.05, 4.69) is 59.9 Å². The van der Waals surface area contributed by atoms with Crippen LogP contribution in [0.2, 0.25) is 0 Å². The van der Waals surface area contributed by atoms with Gasteiger partial charge in [-0.05, 0) is 35.6 Å². The molecule has 130 valence electrons. The maximum atomic E-state index is 12.1. The van der Waals surface area contributed by atoms with Crippen molar-refractivity contribution in [3.05, 3.63) is 77.9 Å². The molecule has 1 unspecified atom stereocenters. The predicted octanol–water partition coefficient (Wildman–Crippen LogP) is 2.11. The number of quaternary nitrogens is 1. The molecule has 1 aliphatic heterocycles. The van der Waals surface area contributed by atoms with Crippen LogP contribution in [0.5, 0.6) is 0 Å². The van der Waals surface area contributed by atoms with Crippen LogP contribution in [0.1, 0.15) is 24.0 Å². The zero-order chi connectivity index (χ0) is 17.3. The predicted molar refractivity (Wildman–Crippen MR) is 102 cm³/mol. The number of hydrogen-bond acceptors (Lipinski definition) is 1. The fourth-order valence-electron chi connectivity index (χ4n) is 3.31. The molecule has 0 fully saturated rings. The molecule has 1 aliphatic rings. The van der Waals surface area contributed by atoms with E-state index < -0.39 is 0 Å². The van der Waals surface area contributed by atoms with Crippen LogP contribution in [0.4, 0.5) is 0 Å². The number of carbonyl (C=O) groups is 1. The van der Waals surface area contributed by atoms with Crippen LogP contribution in [-0.4, -0.2) is 32.1 Å². The Labute approximate surface area is 150 Å². The molecule has 0 aliphatic carbocycles. The van der Waals surface area contributed by atoms with Crippen molar-refractivity contribution < 1.29 is 9.69 Å². The lowest BCUT2D eigenvalue weighted by Crippen LogP contribution is -3.13. The molecule has 3 nitrogen and oxygen atoms in total. The molecule has 2 N–H and O–H groups in total. The van der Waals surface area contributed by atoms with Gasteiger partial charge in [-0.25, -0.2) is 0 Å². The monoisotopic (exact) mass is 335 g/mol. The molecule has 0 saturated heterocycles. The van der Waals surface area contributed by atoms with Crippen molar-refractivity contribution in [1.29, 1.82) is 0 Å². The van der Waals surface area contributed by atoms with E-state index in [4.69, 9.17) is 0 Å². The summed E-state index contributed by atoms with van der Waals surface area (Å²) >= 11 is 0. The van der Waals surface area contributed by atoms with Crippen molar-refractivity contribution in [2.45, 2.75) is 19.3 Å². The minimum Gasteiger partial charge on any atom is -0.351 e. The van der Waals surface area contributed by atoms with Gasteiger partial charge < -0.3 is 10.2 Å². The van der Waals surface area contributed by atoms with Crippen LogP contribution in [0.15, 0.2) is 66.7 Å². The Morgan fingerprint density at radius 2 is 1.72 bits per heavy atom. The number of carbonyl (C=O) groups excluding carboxylic acids is 1.